The molecule has 0 N–H and O–H groups in total. The molecule has 0 saturated carbocycles. The predicted molar refractivity (Wildman–Crippen MR) is 145 cm³/mol. The maximum atomic E-state index is 2.54. The van der Waals surface area contributed by atoms with Gasteiger partial charge in [0.25, 0.3) is 0 Å². The number of benzene rings is 2. The van der Waals surface area contributed by atoms with Crippen LogP contribution in [0, 0.1) is 13.8 Å². The van der Waals surface area contributed by atoms with Crippen molar-refractivity contribution in [3.63, 3.8) is 0 Å². The highest BCUT2D eigenvalue weighted by Crippen LogP contribution is 2.41. The molecule has 0 atom stereocenters. The smallest absolute Gasteiger partial charge is 0.0126 e. The average Bonchev–Trinajstić information content (AvgIpc) is 2.68. The Bertz CT molecular complexity index is 808. The van der Waals surface area contributed by atoms with E-state index in [-0.39, 0.29) is 10.8 Å². The molecule has 0 spiro atoms. The topological polar surface area (TPSA) is 0 Å². The molecule has 0 radical (unpaired) electrons. The van der Waals surface area contributed by atoms with Crippen molar-refractivity contribution < 1.29 is 0 Å². The van der Waals surface area contributed by atoms with Crippen molar-refractivity contribution in [3.05, 3.63) is 57.6 Å². The van der Waals surface area contributed by atoms with Gasteiger partial charge in [0.2, 0.25) is 0 Å². The van der Waals surface area contributed by atoms with Crippen LogP contribution in [0.25, 0.3) is 11.1 Å². The molecule has 0 aliphatic carbocycles. The lowest BCUT2D eigenvalue weighted by Gasteiger charge is -2.30. The van der Waals surface area contributed by atoms with Gasteiger partial charge in [0.1, 0.15) is 0 Å². The average molecular weight is 435 g/mol. The number of hydrogen-bond acceptors (Lipinski definition) is 0. The van der Waals surface area contributed by atoms with Gasteiger partial charge in [-0.1, -0.05) is 105 Å². The summed E-state index contributed by atoms with van der Waals surface area (Å²) in [7, 11) is 0. The molecule has 0 heteroatoms. The molecule has 2 aromatic carbocycles. The normalized spacial score (nSPS) is 12.4. The van der Waals surface area contributed by atoms with Crippen molar-refractivity contribution in [2.75, 3.05) is 0 Å². The lowest BCUT2D eigenvalue weighted by Crippen LogP contribution is -2.18. The summed E-state index contributed by atoms with van der Waals surface area (Å²) in [6.45, 7) is 23.5. The molecule has 178 valence electrons. The van der Waals surface area contributed by atoms with E-state index in [1.165, 1.54) is 95.9 Å². The third kappa shape index (κ3) is 6.72. The molecule has 0 bridgehead atoms. The summed E-state index contributed by atoms with van der Waals surface area (Å²) in [5.74, 6) is 0. The zero-order valence-electron chi connectivity index (χ0n) is 23.0. The largest absolute Gasteiger partial charge is 0.0654 e. The van der Waals surface area contributed by atoms with Gasteiger partial charge in [-0.05, 0) is 94.9 Å². The van der Waals surface area contributed by atoms with E-state index in [0.29, 0.717) is 0 Å². The van der Waals surface area contributed by atoms with Gasteiger partial charge in [-0.25, -0.2) is 0 Å². The first kappa shape index (κ1) is 26.7. The van der Waals surface area contributed by atoms with E-state index in [1.807, 2.05) is 0 Å². The fourth-order valence-electron chi connectivity index (χ4n) is 4.86. The minimum Gasteiger partial charge on any atom is -0.0654 e. The van der Waals surface area contributed by atoms with Crippen molar-refractivity contribution >= 4 is 0 Å². The van der Waals surface area contributed by atoms with Crippen LogP contribution in [0.15, 0.2) is 24.3 Å². The molecule has 0 saturated heterocycles. The van der Waals surface area contributed by atoms with E-state index in [4.69, 9.17) is 0 Å². The van der Waals surface area contributed by atoms with Crippen LogP contribution < -0.4 is 0 Å². The summed E-state index contributed by atoms with van der Waals surface area (Å²) >= 11 is 0. The Labute approximate surface area is 200 Å². The van der Waals surface area contributed by atoms with Crippen LogP contribution in [-0.4, -0.2) is 0 Å². The molecule has 0 amide bonds. The van der Waals surface area contributed by atoms with Crippen LogP contribution in [0.3, 0.4) is 0 Å². The summed E-state index contributed by atoms with van der Waals surface area (Å²) < 4.78 is 0. The molecule has 0 nitrogen and oxygen atoms in total. The Morgan fingerprint density at radius 2 is 0.875 bits per heavy atom. The zero-order valence-corrected chi connectivity index (χ0v) is 23.0. The van der Waals surface area contributed by atoms with Gasteiger partial charge in [0, 0.05) is 0 Å². The van der Waals surface area contributed by atoms with Crippen LogP contribution in [0.2, 0.25) is 0 Å². The lowest BCUT2D eigenvalue weighted by atomic mass is 9.74. The van der Waals surface area contributed by atoms with Crippen LogP contribution in [0.1, 0.15) is 127 Å². The van der Waals surface area contributed by atoms with Gasteiger partial charge < -0.3 is 0 Å². The van der Waals surface area contributed by atoms with E-state index in [0.717, 1.165) is 0 Å². The van der Waals surface area contributed by atoms with E-state index in [2.05, 4.69) is 93.5 Å². The maximum absolute atomic E-state index is 2.54. The summed E-state index contributed by atoms with van der Waals surface area (Å²) in [6, 6.07) is 10.1. The van der Waals surface area contributed by atoms with Gasteiger partial charge in [-0.3, -0.25) is 0 Å². The van der Waals surface area contributed by atoms with E-state index in [9.17, 15) is 0 Å². The summed E-state index contributed by atoms with van der Waals surface area (Å²) in [4.78, 5) is 0. The third-order valence-electron chi connectivity index (χ3n) is 6.96. The van der Waals surface area contributed by atoms with Crippen LogP contribution in [-0.2, 0) is 23.7 Å². The van der Waals surface area contributed by atoms with Gasteiger partial charge in [-0.2, -0.15) is 0 Å². The van der Waals surface area contributed by atoms with Crippen LogP contribution >= 0.6 is 0 Å². The fraction of sp³-hybridized carbons (Fsp3) is 0.625. The lowest BCUT2D eigenvalue weighted by molar-refractivity contribution is 0.582. The van der Waals surface area contributed by atoms with E-state index >= 15 is 0 Å². The minimum absolute atomic E-state index is 0.116. The molecular weight excluding hydrogens is 384 g/mol. The zero-order chi connectivity index (χ0) is 24.1. The standard InChI is InChI=1S/C32H50/c1-11-13-15-17-25-21-29(31(5,6)7)27(19-23(25)3)28-20-24(4)26(18-16-14-12-2)22-30(28)32(8,9)10/h19-22H,11-18H2,1-10H3. The molecule has 0 aliphatic heterocycles. The quantitative estimate of drug-likeness (QED) is 0.344. The number of unbranched alkanes of at least 4 members (excludes halogenated alkanes) is 4. The molecular formula is C32H50. The molecule has 32 heavy (non-hydrogen) atoms. The first-order valence-corrected chi connectivity index (χ1v) is 13.2. The second kappa shape index (κ2) is 11.0. The Kier molecular flexibility index (Phi) is 9.21. The second-order valence-electron chi connectivity index (χ2n) is 12.1. The summed E-state index contributed by atoms with van der Waals surface area (Å²) in [5, 5.41) is 0. The van der Waals surface area contributed by atoms with Crippen molar-refractivity contribution in [1.29, 1.82) is 0 Å². The highest BCUT2D eigenvalue weighted by molar-refractivity contribution is 5.75. The maximum Gasteiger partial charge on any atom is -0.0126 e. The van der Waals surface area contributed by atoms with Crippen molar-refractivity contribution in [2.24, 2.45) is 0 Å². The minimum atomic E-state index is 0.116. The molecule has 0 heterocycles. The Hall–Kier alpha value is -1.56. The molecule has 2 aromatic rings. The highest BCUT2D eigenvalue weighted by Gasteiger charge is 2.26. The number of aryl methyl sites for hydroxylation is 4. The van der Waals surface area contributed by atoms with Crippen molar-refractivity contribution in [1.82, 2.24) is 0 Å². The Morgan fingerprint density at radius 1 is 0.531 bits per heavy atom. The first-order chi connectivity index (χ1) is 14.9. The van der Waals surface area contributed by atoms with E-state index < -0.39 is 0 Å². The van der Waals surface area contributed by atoms with Gasteiger partial charge in [-0.15, -0.1) is 0 Å². The number of hydrogen-bond donors (Lipinski definition) is 0. The first-order valence-electron chi connectivity index (χ1n) is 13.2. The van der Waals surface area contributed by atoms with Crippen molar-refractivity contribution in [2.45, 2.75) is 131 Å². The Balaban J connectivity index is 2.69. The molecule has 0 aliphatic rings. The van der Waals surface area contributed by atoms with Crippen LogP contribution in [0.5, 0.6) is 0 Å². The summed E-state index contributed by atoms with van der Waals surface area (Å²) in [5.41, 5.74) is 12.1. The van der Waals surface area contributed by atoms with Gasteiger partial charge >= 0.3 is 0 Å². The number of rotatable bonds is 9. The monoisotopic (exact) mass is 434 g/mol. The molecule has 0 aromatic heterocycles. The Morgan fingerprint density at radius 3 is 1.16 bits per heavy atom. The fourth-order valence-corrected chi connectivity index (χ4v) is 4.86. The molecule has 2 rings (SSSR count). The van der Waals surface area contributed by atoms with Crippen molar-refractivity contribution in [3.8, 4) is 11.1 Å². The van der Waals surface area contributed by atoms with Crippen LogP contribution in [0.4, 0.5) is 0 Å². The van der Waals surface area contributed by atoms with Gasteiger partial charge in [0.15, 0.2) is 0 Å². The summed E-state index contributed by atoms with van der Waals surface area (Å²) in [6.07, 6.45) is 10.2. The predicted octanol–water partition coefficient (Wildman–Crippen LogP) is 10.0. The SMILES string of the molecule is CCCCCc1cc(C(C)(C)C)c(-c2cc(C)c(CCCCC)cc2C(C)(C)C)cc1C. The highest BCUT2D eigenvalue weighted by atomic mass is 14.3. The third-order valence-corrected chi connectivity index (χ3v) is 6.96. The molecule has 0 unspecified atom stereocenters. The second-order valence-corrected chi connectivity index (χ2v) is 12.1. The van der Waals surface area contributed by atoms with E-state index in [1.54, 1.807) is 0 Å². The molecule has 0 fully saturated rings. The van der Waals surface area contributed by atoms with Gasteiger partial charge in [0.05, 0.1) is 0 Å².